The summed E-state index contributed by atoms with van der Waals surface area (Å²) in [5.41, 5.74) is 1.60. The average molecular weight is 190 g/mol. The van der Waals surface area contributed by atoms with Crippen LogP contribution in [0.4, 0.5) is 0 Å². The molecule has 1 aromatic heterocycles. The van der Waals surface area contributed by atoms with Crippen molar-refractivity contribution in [1.82, 2.24) is 10.2 Å². The van der Waals surface area contributed by atoms with E-state index in [1.165, 1.54) is 11.3 Å². The summed E-state index contributed by atoms with van der Waals surface area (Å²) in [7, 11) is -1.02. The Bertz CT molecular complexity index is 250. The quantitative estimate of drug-likeness (QED) is 0.673. The molecule has 0 fully saturated rings. The van der Waals surface area contributed by atoms with Gasteiger partial charge in [-0.2, -0.15) is 0 Å². The van der Waals surface area contributed by atoms with Crippen molar-refractivity contribution < 1.29 is 4.21 Å². The molecule has 0 N–H and O–H groups in total. The molecule has 0 aliphatic rings. The maximum Gasteiger partial charge on any atom is 0.204 e. The Kier molecular flexibility index (Phi) is 2.39. The molecule has 0 aliphatic carbocycles. The van der Waals surface area contributed by atoms with E-state index in [1.54, 1.807) is 5.51 Å². The lowest BCUT2D eigenvalue weighted by atomic mass is 10.3. The number of hydrogen-bond donors (Lipinski definition) is 0. The van der Waals surface area contributed by atoms with Gasteiger partial charge >= 0.3 is 0 Å². The molecule has 1 heterocycles. The number of aromatic nitrogens is 2. The third-order valence-corrected chi connectivity index (χ3v) is 3.79. The summed E-state index contributed by atoms with van der Waals surface area (Å²) in [6.45, 7) is 5.76. The molecule has 1 rings (SSSR count). The Morgan fingerprint density at radius 2 is 2.18 bits per heavy atom. The molecule has 5 heteroatoms. The van der Waals surface area contributed by atoms with Crippen LogP contribution in [0.2, 0.25) is 0 Å². The SMILES string of the molecule is CC(C)(C)S(=O)c1nncs1. The Morgan fingerprint density at radius 3 is 2.55 bits per heavy atom. The van der Waals surface area contributed by atoms with Gasteiger partial charge in [-0.25, -0.2) is 0 Å². The van der Waals surface area contributed by atoms with E-state index in [0.29, 0.717) is 4.34 Å². The molecule has 0 spiro atoms. The minimum Gasteiger partial charge on any atom is -0.251 e. The zero-order chi connectivity index (χ0) is 8.48. The molecule has 0 aromatic carbocycles. The third-order valence-electron chi connectivity index (χ3n) is 1.05. The fourth-order valence-electron chi connectivity index (χ4n) is 0.506. The lowest BCUT2D eigenvalue weighted by Crippen LogP contribution is -2.21. The maximum absolute atomic E-state index is 11.5. The van der Waals surface area contributed by atoms with Crippen LogP contribution in [-0.4, -0.2) is 19.2 Å². The van der Waals surface area contributed by atoms with Crippen molar-refractivity contribution in [2.24, 2.45) is 0 Å². The van der Waals surface area contributed by atoms with Crippen molar-refractivity contribution in [2.75, 3.05) is 0 Å². The van der Waals surface area contributed by atoms with Crippen LogP contribution in [0.1, 0.15) is 20.8 Å². The minimum atomic E-state index is -1.02. The van der Waals surface area contributed by atoms with Gasteiger partial charge in [-0.05, 0) is 20.8 Å². The van der Waals surface area contributed by atoms with Gasteiger partial charge in [0.15, 0.2) is 0 Å². The van der Waals surface area contributed by atoms with Crippen molar-refractivity contribution in [3.05, 3.63) is 5.51 Å². The molecule has 1 unspecified atom stereocenters. The molecule has 3 nitrogen and oxygen atoms in total. The lowest BCUT2D eigenvalue weighted by Gasteiger charge is -2.14. The molecule has 1 aromatic rings. The molecule has 62 valence electrons. The number of hydrogen-bond acceptors (Lipinski definition) is 4. The molecular formula is C6H10N2OS2. The summed E-state index contributed by atoms with van der Waals surface area (Å²) in [5.74, 6) is 0. The molecule has 1 atom stereocenters. The summed E-state index contributed by atoms with van der Waals surface area (Å²) in [6.07, 6.45) is 0. The van der Waals surface area contributed by atoms with Gasteiger partial charge in [0.05, 0.1) is 10.8 Å². The highest BCUT2D eigenvalue weighted by atomic mass is 32.2. The van der Waals surface area contributed by atoms with Crippen LogP contribution in [0, 0.1) is 0 Å². The van der Waals surface area contributed by atoms with Gasteiger partial charge in [0.25, 0.3) is 0 Å². The highest BCUT2D eigenvalue weighted by Gasteiger charge is 2.23. The summed E-state index contributed by atoms with van der Waals surface area (Å²) in [5, 5.41) is 7.38. The fourth-order valence-corrected chi connectivity index (χ4v) is 2.66. The maximum atomic E-state index is 11.5. The molecule has 0 amide bonds. The first-order chi connectivity index (χ1) is 5.02. The van der Waals surface area contributed by atoms with E-state index in [1.807, 2.05) is 20.8 Å². The Balaban J connectivity index is 2.88. The van der Waals surface area contributed by atoms with Crippen molar-refractivity contribution in [1.29, 1.82) is 0 Å². The highest BCUT2D eigenvalue weighted by Crippen LogP contribution is 2.20. The topological polar surface area (TPSA) is 42.9 Å². The van der Waals surface area contributed by atoms with Crippen LogP contribution in [0.25, 0.3) is 0 Å². The van der Waals surface area contributed by atoms with E-state index in [0.717, 1.165) is 0 Å². The Labute approximate surface area is 72.3 Å². The zero-order valence-electron chi connectivity index (χ0n) is 6.70. The van der Waals surface area contributed by atoms with Gasteiger partial charge in [-0.1, -0.05) is 11.3 Å². The summed E-state index contributed by atoms with van der Waals surface area (Å²) < 4.78 is 11.9. The van der Waals surface area contributed by atoms with Gasteiger partial charge in [-0.15, -0.1) is 10.2 Å². The summed E-state index contributed by atoms with van der Waals surface area (Å²) in [6, 6.07) is 0. The van der Waals surface area contributed by atoms with Crippen LogP contribution < -0.4 is 0 Å². The molecule has 0 aliphatic heterocycles. The van der Waals surface area contributed by atoms with E-state index in [4.69, 9.17) is 0 Å². The first kappa shape index (κ1) is 8.80. The Hall–Kier alpha value is -0.290. The molecule has 0 bridgehead atoms. The van der Waals surface area contributed by atoms with Crippen LogP contribution in [0.15, 0.2) is 9.85 Å². The molecule has 11 heavy (non-hydrogen) atoms. The second-order valence-electron chi connectivity index (χ2n) is 3.09. The largest absolute Gasteiger partial charge is 0.251 e. The first-order valence-electron chi connectivity index (χ1n) is 3.20. The Morgan fingerprint density at radius 1 is 1.55 bits per heavy atom. The molecular weight excluding hydrogens is 180 g/mol. The molecule has 0 saturated heterocycles. The normalized spacial score (nSPS) is 14.8. The van der Waals surface area contributed by atoms with Gasteiger partial charge in [0.2, 0.25) is 4.34 Å². The minimum absolute atomic E-state index is 0.237. The fraction of sp³-hybridized carbons (Fsp3) is 0.667. The monoisotopic (exact) mass is 190 g/mol. The van der Waals surface area contributed by atoms with Crippen molar-refractivity contribution >= 4 is 22.1 Å². The average Bonchev–Trinajstić information content (AvgIpc) is 2.34. The van der Waals surface area contributed by atoms with Gasteiger partial charge in [0.1, 0.15) is 5.51 Å². The van der Waals surface area contributed by atoms with Gasteiger partial charge in [0, 0.05) is 4.75 Å². The van der Waals surface area contributed by atoms with E-state index in [9.17, 15) is 4.21 Å². The lowest BCUT2D eigenvalue weighted by molar-refractivity contribution is 0.647. The van der Waals surface area contributed by atoms with E-state index < -0.39 is 10.8 Å². The standard InChI is InChI=1S/C6H10N2OS2/c1-6(2,3)11(9)5-8-7-4-10-5/h4H,1-3H3. The predicted molar refractivity (Wildman–Crippen MR) is 46.1 cm³/mol. The smallest absolute Gasteiger partial charge is 0.204 e. The van der Waals surface area contributed by atoms with Crippen molar-refractivity contribution in [2.45, 2.75) is 29.9 Å². The van der Waals surface area contributed by atoms with E-state index in [2.05, 4.69) is 10.2 Å². The van der Waals surface area contributed by atoms with E-state index in [-0.39, 0.29) is 4.75 Å². The van der Waals surface area contributed by atoms with Crippen molar-refractivity contribution in [3.63, 3.8) is 0 Å². The van der Waals surface area contributed by atoms with Crippen LogP contribution in [0.5, 0.6) is 0 Å². The highest BCUT2D eigenvalue weighted by molar-refractivity contribution is 7.88. The van der Waals surface area contributed by atoms with E-state index >= 15 is 0 Å². The van der Waals surface area contributed by atoms with Crippen molar-refractivity contribution in [3.8, 4) is 0 Å². The summed E-state index contributed by atoms with van der Waals surface area (Å²) >= 11 is 1.34. The van der Waals surface area contributed by atoms with Crippen LogP contribution in [0.3, 0.4) is 0 Å². The number of rotatable bonds is 1. The van der Waals surface area contributed by atoms with Crippen LogP contribution >= 0.6 is 11.3 Å². The second-order valence-corrected chi connectivity index (χ2v) is 6.33. The first-order valence-corrected chi connectivity index (χ1v) is 5.23. The van der Waals surface area contributed by atoms with Gasteiger partial charge in [-0.3, -0.25) is 4.21 Å². The summed E-state index contributed by atoms with van der Waals surface area (Å²) in [4.78, 5) is 0. The number of nitrogens with zero attached hydrogens (tertiary/aromatic N) is 2. The second kappa shape index (κ2) is 2.98. The third kappa shape index (κ3) is 2.07. The zero-order valence-corrected chi connectivity index (χ0v) is 8.33. The molecule has 0 saturated carbocycles. The predicted octanol–water partition coefficient (Wildman–Crippen LogP) is 1.44. The van der Waals surface area contributed by atoms with Gasteiger partial charge < -0.3 is 0 Å². The van der Waals surface area contributed by atoms with Crippen LogP contribution in [-0.2, 0) is 10.8 Å². The molecule has 0 radical (unpaired) electrons.